The standard InChI is InChI=1S/C10H20N2/c1-4-5-6-10(7-11)12-8-9(2)3/h9-10,12H,4-6,8H2,1-3H3. The highest BCUT2D eigenvalue weighted by atomic mass is 14.9. The lowest BCUT2D eigenvalue weighted by Crippen LogP contribution is -2.30. The first-order valence-corrected chi connectivity index (χ1v) is 4.83. The average molecular weight is 168 g/mol. The third kappa shape index (κ3) is 6.18. The molecule has 0 bridgehead atoms. The zero-order chi connectivity index (χ0) is 9.40. The Morgan fingerprint density at radius 1 is 1.42 bits per heavy atom. The van der Waals surface area contributed by atoms with E-state index in [-0.39, 0.29) is 6.04 Å². The summed E-state index contributed by atoms with van der Waals surface area (Å²) in [5, 5.41) is 12.0. The number of rotatable bonds is 6. The van der Waals surface area contributed by atoms with Crippen molar-refractivity contribution >= 4 is 0 Å². The van der Waals surface area contributed by atoms with E-state index in [9.17, 15) is 0 Å². The van der Waals surface area contributed by atoms with Gasteiger partial charge in [0.15, 0.2) is 0 Å². The van der Waals surface area contributed by atoms with Gasteiger partial charge in [-0.05, 0) is 18.9 Å². The van der Waals surface area contributed by atoms with E-state index >= 15 is 0 Å². The molecule has 0 aliphatic rings. The molecule has 0 aromatic heterocycles. The summed E-state index contributed by atoms with van der Waals surface area (Å²) in [6.45, 7) is 7.40. The minimum atomic E-state index is 0.0624. The highest BCUT2D eigenvalue weighted by Crippen LogP contribution is 2.00. The molecule has 0 saturated heterocycles. The summed E-state index contributed by atoms with van der Waals surface area (Å²) < 4.78 is 0. The number of nitrogens with zero attached hydrogens (tertiary/aromatic N) is 1. The van der Waals surface area contributed by atoms with Gasteiger partial charge in [-0.15, -0.1) is 0 Å². The van der Waals surface area contributed by atoms with Crippen LogP contribution in [0.1, 0.15) is 40.0 Å². The van der Waals surface area contributed by atoms with Gasteiger partial charge in [-0.25, -0.2) is 0 Å². The fraction of sp³-hybridized carbons (Fsp3) is 0.900. The topological polar surface area (TPSA) is 35.8 Å². The van der Waals surface area contributed by atoms with Crippen molar-refractivity contribution in [2.75, 3.05) is 6.54 Å². The quantitative estimate of drug-likeness (QED) is 0.660. The van der Waals surface area contributed by atoms with Crippen LogP contribution in [0.5, 0.6) is 0 Å². The van der Waals surface area contributed by atoms with Crippen LogP contribution >= 0.6 is 0 Å². The summed E-state index contributed by atoms with van der Waals surface area (Å²) in [7, 11) is 0. The molecule has 0 aliphatic carbocycles. The van der Waals surface area contributed by atoms with Gasteiger partial charge in [-0.2, -0.15) is 5.26 Å². The van der Waals surface area contributed by atoms with E-state index in [0.717, 1.165) is 19.4 Å². The van der Waals surface area contributed by atoms with Crippen LogP contribution in [0.4, 0.5) is 0 Å². The zero-order valence-corrected chi connectivity index (χ0v) is 8.43. The van der Waals surface area contributed by atoms with Gasteiger partial charge in [0.25, 0.3) is 0 Å². The number of hydrogen-bond donors (Lipinski definition) is 1. The maximum absolute atomic E-state index is 8.75. The lowest BCUT2D eigenvalue weighted by molar-refractivity contribution is 0.486. The maximum Gasteiger partial charge on any atom is 0.0953 e. The van der Waals surface area contributed by atoms with Gasteiger partial charge in [-0.3, -0.25) is 0 Å². The first-order chi connectivity index (χ1) is 5.70. The maximum atomic E-state index is 8.75. The van der Waals surface area contributed by atoms with Crippen LogP contribution in [-0.2, 0) is 0 Å². The van der Waals surface area contributed by atoms with Crippen molar-refractivity contribution in [3.05, 3.63) is 0 Å². The molecule has 12 heavy (non-hydrogen) atoms. The molecule has 0 radical (unpaired) electrons. The predicted octanol–water partition coefficient (Wildman–Crippen LogP) is 2.31. The smallest absolute Gasteiger partial charge is 0.0953 e. The summed E-state index contributed by atoms with van der Waals surface area (Å²) in [5.41, 5.74) is 0. The summed E-state index contributed by atoms with van der Waals surface area (Å²) in [5.74, 6) is 0.627. The Hall–Kier alpha value is -0.550. The molecule has 2 nitrogen and oxygen atoms in total. The molecule has 2 heteroatoms. The van der Waals surface area contributed by atoms with Crippen molar-refractivity contribution in [2.24, 2.45) is 5.92 Å². The summed E-state index contributed by atoms with van der Waals surface area (Å²) >= 11 is 0. The average Bonchev–Trinajstić information content (AvgIpc) is 2.05. The second-order valence-corrected chi connectivity index (χ2v) is 3.63. The normalized spacial score (nSPS) is 12.9. The number of nitrogens with one attached hydrogen (secondary N) is 1. The third-order valence-electron chi connectivity index (χ3n) is 1.77. The van der Waals surface area contributed by atoms with E-state index in [1.807, 2.05) is 0 Å². The van der Waals surface area contributed by atoms with Crippen LogP contribution in [0, 0.1) is 17.2 Å². The van der Waals surface area contributed by atoms with Gasteiger partial charge in [0, 0.05) is 0 Å². The number of nitriles is 1. The van der Waals surface area contributed by atoms with Crippen LogP contribution < -0.4 is 5.32 Å². The molecule has 1 N–H and O–H groups in total. The molecule has 1 atom stereocenters. The van der Waals surface area contributed by atoms with Crippen molar-refractivity contribution < 1.29 is 0 Å². The van der Waals surface area contributed by atoms with Crippen molar-refractivity contribution in [1.82, 2.24) is 5.32 Å². The molecule has 70 valence electrons. The van der Waals surface area contributed by atoms with Crippen LogP contribution in [0.2, 0.25) is 0 Å². The highest BCUT2D eigenvalue weighted by molar-refractivity contribution is 4.89. The van der Waals surface area contributed by atoms with Gasteiger partial charge in [0.1, 0.15) is 0 Å². The Bertz CT molecular complexity index is 135. The largest absolute Gasteiger partial charge is 0.302 e. The van der Waals surface area contributed by atoms with E-state index in [4.69, 9.17) is 5.26 Å². The van der Waals surface area contributed by atoms with Crippen molar-refractivity contribution in [1.29, 1.82) is 5.26 Å². The van der Waals surface area contributed by atoms with Crippen LogP contribution in [0.25, 0.3) is 0 Å². The van der Waals surface area contributed by atoms with Crippen molar-refractivity contribution in [2.45, 2.75) is 46.1 Å². The Labute approximate surface area is 76.0 Å². The third-order valence-corrected chi connectivity index (χ3v) is 1.77. The summed E-state index contributed by atoms with van der Waals surface area (Å²) in [4.78, 5) is 0. The number of hydrogen-bond acceptors (Lipinski definition) is 2. The van der Waals surface area contributed by atoms with Crippen LogP contribution in [0.15, 0.2) is 0 Å². The lowest BCUT2D eigenvalue weighted by atomic mass is 10.1. The first-order valence-electron chi connectivity index (χ1n) is 4.83. The Balaban J connectivity index is 3.48. The monoisotopic (exact) mass is 168 g/mol. The van der Waals surface area contributed by atoms with Gasteiger partial charge in [-0.1, -0.05) is 33.6 Å². The molecule has 0 heterocycles. The van der Waals surface area contributed by atoms with E-state index in [1.54, 1.807) is 0 Å². The summed E-state index contributed by atoms with van der Waals surface area (Å²) in [6.07, 6.45) is 3.30. The molecular formula is C10H20N2. The molecule has 0 rings (SSSR count). The minimum absolute atomic E-state index is 0.0624. The fourth-order valence-electron chi connectivity index (χ4n) is 0.998. The van der Waals surface area contributed by atoms with Crippen LogP contribution in [0.3, 0.4) is 0 Å². The molecule has 0 amide bonds. The van der Waals surface area contributed by atoms with Crippen molar-refractivity contribution in [3.63, 3.8) is 0 Å². The second-order valence-electron chi connectivity index (χ2n) is 3.63. The SMILES string of the molecule is CCCCC(C#N)NCC(C)C. The van der Waals surface area contributed by atoms with E-state index in [1.165, 1.54) is 6.42 Å². The molecule has 0 fully saturated rings. The van der Waals surface area contributed by atoms with Gasteiger partial charge in [0.2, 0.25) is 0 Å². The highest BCUT2D eigenvalue weighted by Gasteiger charge is 2.05. The second kappa shape index (κ2) is 7.12. The van der Waals surface area contributed by atoms with Gasteiger partial charge < -0.3 is 5.32 Å². The van der Waals surface area contributed by atoms with E-state index in [0.29, 0.717) is 5.92 Å². The molecular weight excluding hydrogens is 148 g/mol. The van der Waals surface area contributed by atoms with E-state index < -0.39 is 0 Å². The molecule has 0 aromatic rings. The summed E-state index contributed by atoms with van der Waals surface area (Å²) in [6, 6.07) is 2.34. The molecule has 0 aromatic carbocycles. The Kier molecular flexibility index (Phi) is 6.79. The Morgan fingerprint density at radius 3 is 2.50 bits per heavy atom. The molecule has 0 aliphatic heterocycles. The molecule has 1 unspecified atom stereocenters. The Morgan fingerprint density at radius 2 is 2.08 bits per heavy atom. The zero-order valence-electron chi connectivity index (χ0n) is 8.43. The first kappa shape index (κ1) is 11.4. The number of unbranched alkanes of at least 4 members (excludes halogenated alkanes) is 1. The van der Waals surface area contributed by atoms with Gasteiger partial charge in [0.05, 0.1) is 12.1 Å². The molecule has 0 spiro atoms. The lowest BCUT2D eigenvalue weighted by Gasteiger charge is -2.12. The van der Waals surface area contributed by atoms with Crippen molar-refractivity contribution in [3.8, 4) is 6.07 Å². The fourth-order valence-corrected chi connectivity index (χ4v) is 0.998. The minimum Gasteiger partial charge on any atom is -0.302 e. The van der Waals surface area contributed by atoms with E-state index in [2.05, 4.69) is 32.2 Å². The molecule has 0 saturated carbocycles. The van der Waals surface area contributed by atoms with Gasteiger partial charge >= 0.3 is 0 Å². The predicted molar refractivity (Wildman–Crippen MR) is 51.8 cm³/mol. The van der Waals surface area contributed by atoms with Crippen LogP contribution in [-0.4, -0.2) is 12.6 Å².